The topological polar surface area (TPSA) is 52.6 Å². The lowest BCUT2D eigenvalue weighted by molar-refractivity contribution is -0.152. The third kappa shape index (κ3) is 2.41. The molecule has 2 amide bonds. The fraction of sp³-hybridized carbons (Fsp3) is 0.650. The first kappa shape index (κ1) is 16.0. The molecule has 0 aromatic heterocycles. The Morgan fingerprint density at radius 3 is 2.40 bits per heavy atom. The minimum atomic E-state index is -0.456. The molecule has 0 spiro atoms. The highest BCUT2D eigenvalue weighted by Crippen LogP contribution is 2.57. The maximum atomic E-state index is 12.9. The number of hydrogen-bond acceptors (Lipinski definition) is 2. The molecule has 1 aromatic rings. The Labute approximate surface area is 153 Å². The van der Waals surface area contributed by atoms with Gasteiger partial charge in [-0.1, -0.05) is 23.7 Å². The van der Waals surface area contributed by atoms with E-state index in [1.807, 2.05) is 24.3 Å². The van der Waals surface area contributed by atoms with E-state index in [1.165, 1.54) is 12.8 Å². The molecule has 1 saturated heterocycles. The van der Waals surface area contributed by atoms with Crippen LogP contribution >= 0.6 is 11.6 Å². The normalized spacial score (nSPS) is 45.1. The van der Waals surface area contributed by atoms with Crippen molar-refractivity contribution in [1.29, 1.82) is 0 Å². The minimum absolute atomic E-state index is 0.0434. The number of nitrogens with zero attached hydrogens (tertiary/aromatic N) is 1. The van der Waals surface area contributed by atoms with Gasteiger partial charge in [0.25, 0.3) is 0 Å². The molecule has 4 saturated carbocycles. The number of benzene rings is 1. The van der Waals surface area contributed by atoms with Gasteiger partial charge in [0.1, 0.15) is 0 Å². The average Bonchev–Trinajstić information content (AvgIpc) is 2.82. The van der Waals surface area contributed by atoms with Gasteiger partial charge in [-0.2, -0.15) is 0 Å². The highest BCUT2D eigenvalue weighted by atomic mass is 35.5. The summed E-state index contributed by atoms with van der Waals surface area (Å²) in [5.74, 6) is 1.57. The summed E-state index contributed by atoms with van der Waals surface area (Å²) in [4.78, 5) is 14.9. The first-order valence-electron chi connectivity index (χ1n) is 9.42. The number of urea groups is 1. The van der Waals surface area contributed by atoms with Gasteiger partial charge in [0, 0.05) is 17.6 Å². The summed E-state index contributed by atoms with van der Waals surface area (Å²) >= 11 is 6.02. The number of carbonyl (C=O) groups is 1. The van der Waals surface area contributed by atoms with Crippen LogP contribution in [0.3, 0.4) is 0 Å². The molecule has 25 heavy (non-hydrogen) atoms. The van der Waals surface area contributed by atoms with Crippen LogP contribution in [-0.4, -0.2) is 34.2 Å². The van der Waals surface area contributed by atoms with Crippen molar-refractivity contribution in [2.45, 2.75) is 56.2 Å². The quantitative estimate of drug-likeness (QED) is 0.847. The number of amides is 2. The van der Waals surface area contributed by atoms with Gasteiger partial charge in [-0.15, -0.1) is 0 Å². The predicted molar refractivity (Wildman–Crippen MR) is 96.3 cm³/mol. The number of aliphatic hydroxyl groups is 1. The SMILES string of the molecule is C[C@]1(c2ccc(Cl)cc2)CN(C2C3CC4CC2CC(O)(C4)C3)C(=O)N1. The zero-order valence-corrected chi connectivity index (χ0v) is 15.3. The van der Waals surface area contributed by atoms with Crippen LogP contribution in [0.5, 0.6) is 0 Å². The van der Waals surface area contributed by atoms with Crippen LogP contribution in [0.1, 0.15) is 44.6 Å². The van der Waals surface area contributed by atoms with Gasteiger partial charge in [0.15, 0.2) is 0 Å². The lowest BCUT2D eigenvalue weighted by Gasteiger charge is -2.59. The third-order valence-electron chi connectivity index (χ3n) is 7.16. The van der Waals surface area contributed by atoms with E-state index in [2.05, 4.69) is 17.1 Å². The molecule has 1 aromatic carbocycles. The predicted octanol–water partition coefficient (Wildman–Crippen LogP) is 3.52. The van der Waals surface area contributed by atoms with Gasteiger partial charge in [-0.3, -0.25) is 0 Å². The van der Waals surface area contributed by atoms with Gasteiger partial charge in [0.05, 0.1) is 11.1 Å². The Balaban J connectivity index is 1.42. The van der Waals surface area contributed by atoms with Crippen molar-refractivity contribution in [2.75, 3.05) is 6.54 Å². The molecule has 3 atom stereocenters. The Hall–Kier alpha value is -1.26. The minimum Gasteiger partial charge on any atom is -0.390 e. The van der Waals surface area contributed by atoms with Gasteiger partial charge in [0.2, 0.25) is 0 Å². The van der Waals surface area contributed by atoms with Crippen molar-refractivity contribution in [3.63, 3.8) is 0 Å². The largest absolute Gasteiger partial charge is 0.390 e. The van der Waals surface area contributed by atoms with E-state index in [4.69, 9.17) is 11.6 Å². The van der Waals surface area contributed by atoms with Crippen LogP contribution in [0.4, 0.5) is 4.79 Å². The Morgan fingerprint density at radius 2 is 1.80 bits per heavy atom. The molecule has 4 nitrogen and oxygen atoms in total. The summed E-state index contributed by atoms with van der Waals surface area (Å²) in [6, 6.07) is 8.11. The van der Waals surface area contributed by atoms with Crippen molar-refractivity contribution in [1.82, 2.24) is 10.2 Å². The van der Waals surface area contributed by atoms with E-state index in [-0.39, 0.29) is 17.6 Å². The number of nitrogens with one attached hydrogen (secondary N) is 1. The second-order valence-electron chi connectivity index (χ2n) is 9.08. The number of halogens is 1. The molecule has 2 N–H and O–H groups in total. The van der Waals surface area contributed by atoms with E-state index in [0.717, 1.165) is 24.8 Å². The lowest BCUT2D eigenvalue weighted by atomic mass is 9.52. The molecule has 2 unspecified atom stereocenters. The molecule has 5 fully saturated rings. The van der Waals surface area contributed by atoms with E-state index in [0.29, 0.717) is 29.3 Å². The van der Waals surface area contributed by atoms with Crippen molar-refractivity contribution in [3.05, 3.63) is 34.9 Å². The number of carbonyl (C=O) groups excluding carboxylic acids is 1. The zero-order valence-electron chi connectivity index (χ0n) is 14.5. The molecule has 5 aliphatic rings. The fourth-order valence-electron chi connectivity index (χ4n) is 6.45. The molecule has 0 radical (unpaired) electrons. The van der Waals surface area contributed by atoms with Crippen LogP contribution < -0.4 is 5.32 Å². The molecule has 1 aliphatic heterocycles. The van der Waals surface area contributed by atoms with E-state index in [1.54, 1.807) is 0 Å². The summed E-state index contributed by atoms with van der Waals surface area (Å²) in [5, 5.41) is 14.7. The molecule has 4 aliphatic carbocycles. The molecule has 1 heterocycles. The van der Waals surface area contributed by atoms with Gasteiger partial charge in [-0.25, -0.2) is 4.79 Å². The summed E-state index contributed by atoms with van der Waals surface area (Å²) in [7, 11) is 0. The molecule has 4 bridgehead atoms. The maximum absolute atomic E-state index is 12.9. The van der Waals surface area contributed by atoms with Crippen LogP contribution in [0.2, 0.25) is 5.02 Å². The van der Waals surface area contributed by atoms with E-state index in [9.17, 15) is 9.90 Å². The first-order valence-corrected chi connectivity index (χ1v) is 9.80. The molecule has 134 valence electrons. The fourth-order valence-corrected chi connectivity index (χ4v) is 6.57. The van der Waals surface area contributed by atoms with Crippen LogP contribution in [-0.2, 0) is 5.54 Å². The molecule has 6 rings (SSSR count). The Bertz CT molecular complexity index is 705. The van der Waals surface area contributed by atoms with E-state index < -0.39 is 5.60 Å². The highest BCUT2D eigenvalue weighted by molar-refractivity contribution is 6.30. The average molecular weight is 361 g/mol. The monoisotopic (exact) mass is 360 g/mol. The van der Waals surface area contributed by atoms with Gasteiger partial charge in [-0.05, 0) is 74.5 Å². The van der Waals surface area contributed by atoms with Crippen molar-refractivity contribution >= 4 is 17.6 Å². The second-order valence-corrected chi connectivity index (χ2v) is 9.52. The summed E-state index contributed by atoms with van der Waals surface area (Å²) in [6.07, 6.45) is 5.05. The second kappa shape index (κ2) is 5.14. The molecule has 5 heteroatoms. The Morgan fingerprint density at radius 1 is 1.16 bits per heavy atom. The first-order chi connectivity index (χ1) is 11.9. The summed E-state index contributed by atoms with van der Waals surface area (Å²) in [5.41, 5.74) is 0.255. The van der Waals surface area contributed by atoms with E-state index >= 15 is 0 Å². The lowest BCUT2D eigenvalue weighted by Crippen LogP contribution is -2.62. The highest BCUT2D eigenvalue weighted by Gasteiger charge is 2.58. The van der Waals surface area contributed by atoms with Gasteiger partial charge >= 0.3 is 6.03 Å². The molecular formula is C20H25ClN2O2. The van der Waals surface area contributed by atoms with Crippen LogP contribution in [0.25, 0.3) is 0 Å². The third-order valence-corrected chi connectivity index (χ3v) is 7.41. The van der Waals surface area contributed by atoms with Gasteiger partial charge < -0.3 is 15.3 Å². The molecular weight excluding hydrogens is 336 g/mol. The summed E-state index contributed by atoms with van der Waals surface area (Å²) in [6.45, 7) is 2.78. The smallest absolute Gasteiger partial charge is 0.318 e. The summed E-state index contributed by atoms with van der Waals surface area (Å²) < 4.78 is 0. The number of rotatable bonds is 2. The van der Waals surface area contributed by atoms with Crippen LogP contribution in [0, 0.1) is 17.8 Å². The van der Waals surface area contributed by atoms with Crippen molar-refractivity contribution < 1.29 is 9.90 Å². The standard InChI is InChI=1S/C20H25ClN2O2/c1-19(15-2-4-16(21)5-3-15)11-23(18(24)22-19)17-13-6-12-7-14(17)10-20(25,8-12)9-13/h2-5,12-14,17,25H,6-11H2,1H3,(H,22,24)/t12?,13?,14?,17?,19-,20?/m1/s1. The van der Waals surface area contributed by atoms with Crippen molar-refractivity contribution in [3.8, 4) is 0 Å². The van der Waals surface area contributed by atoms with Crippen LogP contribution in [0.15, 0.2) is 24.3 Å². The maximum Gasteiger partial charge on any atom is 0.318 e. The Kier molecular flexibility index (Phi) is 3.28. The van der Waals surface area contributed by atoms with Crippen molar-refractivity contribution in [2.24, 2.45) is 17.8 Å². The number of hydrogen-bond donors (Lipinski definition) is 2. The zero-order chi connectivity index (χ0) is 17.4.